The Hall–Kier alpha value is -3.22. The molecule has 152 valence electrons. The fourth-order valence-electron chi connectivity index (χ4n) is 3.42. The largest absolute Gasteiger partial charge is 0.497 e. The van der Waals surface area contributed by atoms with Crippen molar-refractivity contribution in [2.75, 3.05) is 12.0 Å². The minimum absolute atomic E-state index is 0.109. The summed E-state index contributed by atoms with van der Waals surface area (Å²) in [5.74, 6) is -1.06. The molecule has 3 rings (SSSR count). The maximum atomic E-state index is 13.2. The zero-order valence-corrected chi connectivity index (χ0v) is 16.6. The number of benzene rings is 2. The smallest absolute Gasteiger partial charge is 0.257 e. The molecule has 1 heterocycles. The van der Waals surface area contributed by atoms with Crippen LogP contribution in [0, 0.1) is 5.82 Å². The molecule has 6 nitrogen and oxygen atoms in total. The number of hydrogen-bond acceptors (Lipinski definition) is 4. The normalized spacial score (nSPS) is 17.4. The lowest BCUT2D eigenvalue weighted by molar-refractivity contribution is -0.122. The first-order chi connectivity index (χ1) is 13.9. The van der Waals surface area contributed by atoms with Gasteiger partial charge in [0.1, 0.15) is 17.6 Å². The van der Waals surface area contributed by atoms with Crippen LogP contribution in [0.3, 0.4) is 0 Å². The van der Waals surface area contributed by atoms with E-state index in [9.17, 15) is 18.8 Å². The van der Waals surface area contributed by atoms with E-state index in [-0.39, 0.29) is 18.4 Å². The Morgan fingerprint density at radius 2 is 1.79 bits per heavy atom. The third kappa shape index (κ3) is 3.99. The average molecular weight is 398 g/mol. The van der Waals surface area contributed by atoms with Crippen LogP contribution in [0.4, 0.5) is 10.1 Å². The van der Waals surface area contributed by atoms with Crippen LogP contribution in [0.5, 0.6) is 5.75 Å². The van der Waals surface area contributed by atoms with Gasteiger partial charge in [-0.15, -0.1) is 0 Å². The molecule has 3 amide bonds. The van der Waals surface area contributed by atoms with E-state index in [1.54, 1.807) is 24.3 Å². The van der Waals surface area contributed by atoms with Gasteiger partial charge in [0.05, 0.1) is 19.2 Å². The Morgan fingerprint density at radius 3 is 2.34 bits per heavy atom. The molecule has 7 heteroatoms. The number of halogens is 1. The van der Waals surface area contributed by atoms with Crippen LogP contribution in [-0.4, -0.2) is 41.8 Å². The molecule has 1 aliphatic heterocycles. The molecule has 2 atom stereocenters. The van der Waals surface area contributed by atoms with Crippen LogP contribution < -0.4 is 9.64 Å². The lowest BCUT2D eigenvalue weighted by Gasteiger charge is -2.33. The highest BCUT2D eigenvalue weighted by atomic mass is 19.1. The molecular weight excluding hydrogens is 375 g/mol. The number of ether oxygens (including phenoxy) is 1. The van der Waals surface area contributed by atoms with Gasteiger partial charge in [-0.1, -0.05) is 6.92 Å². The summed E-state index contributed by atoms with van der Waals surface area (Å²) in [6.45, 7) is 3.76. The van der Waals surface area contributed by atoms with Gasteiger partial charge in [-0.3, -0.25) is 14.4 Å². The summed E-state index contributed by atoms with van der Waals surface area (Å²) in [5, 5.41) is 0. The SMILES string of the molecule is CCC(C)N(C(=O)c1ccc(OC)cc1)C1CC(=O)N(c2ccc(F)cc2)C1=O. The van der Waals surface area contributed by atoms with Gasteiger partial charge in [0.25, 0.3) is 11.8 Å². The molecular formula is C22H23FN2O4. The van der Waals surface area contributed by atoms with E-state index >= 15 is 0 Å². The Labute approximate surface area is 168 Å². The van der Waals surface area contributed by atoms with Crippen molar-refractivity contribution in [3.8, 4) is 5.75 Å². The molecule has 0 aromatic heterocycles. The second kappa shape index (κ2) is 8.43. The molecule has 0 spiro atoms. The first-order valence-electron chi connectivity index (χ1n) is 9.46. The van der Waals surface area contributed by atoms with Gasteiger partial charge in [0, 0.05) is 11.6 Å². The zero-order valence-electron chi connectivity index (χ0n) is 16.6. The van der Waals surface area contributed by atoms with Crippen molar-refractivity contribution < 1.29 is 23.5 Å². The first kappa shape index (κ1) is 20.5. The van der Waals surface area contributed by atoms with Gasteiger partial charge in [-0.25, -0.2) is 9.29 Å². The third-order valence-corrected chi connectivity index (χ3v) is 5.18. The molecule has 1 fully saturated rings. The van der Waals surface area contributed by atoms with Crippen molar-refractivity contribution in [3.05, 3.63) is 59.9 Å². The summed E-state index contributed by atoms with van der Waals surface area (Å²) >= 11 is 0. The minimum Gasteiger partial charge on any atom is -0.497 e. The van der Waals surface area contributed by atoms with Gasteiger partial charge < -0.3 is 9.64 Å². The molecule has 0 N–H and O–H groups in total. The third-order valence-electron chi connectivity index (χ3n) is 5.18. The fraction of sp³-hybridized carbons (Fsp3) is 0.318. The topological polar surface area (TPSA) is 66.9 Å². The van der Waals surface area contributed by atoms with Crippen LogP contribution in [0.15, 0.2) is 48.5 Å². The van der Waals surface area contributed by atoms with Crippen LogP contribution in [0.1, 0.15) is 37.0 Å². The maximum absolute atomic E-state index is 13.2. The van der Waals surface area contributed by atoms with Crippen molar-refractivity contribution in [1.29, 1.82) is 0 Å². The highest BCUT2D eigenvalue weighted by Crippen LogP contribution is 2.29. The van der Waals surface area contributed by atoms with Crippen molar-refractivity contribution in [1.82, 2.24) is 4.90 Å². The lowest BCUT2D eigenvalue weighted by Crippen LogP contribution is -2.49. The zero-order chi connectivity index (χ0) is 21.1. The molecule has 29 heavy (non-hydrogen) atoms. The van der Waals surface area contributed by atoms with E-state index in [0.717, 1.165) is 4.90 Å². The fourth-order valence-corrected chi connectivity index (χ4v) is 3.42. The monoisotopic (exact) mass is 398 g/mol. The molecule has 1 aliphatic rings. The number of methoxy groups -OCH3 is 1. The number of rotatable bonds is 6. The summed E-state index contributed by atoms with van der Waals surface area (Å²) in [7, 11) is 1.54. The Morgan fingerprint density at radius 1 is 1.17 bits per heavy atom. The van der Waals surface area contributed by atoms with E-state index in [1.807, 2.05) is 13.8 Å². The van der Waals surface area contributed by atoms with Crippen LogP contribution >= 0.6 is 0 Å². The molecule has 0 bridgehead atoms. The van der Waals surface area contributed by atoms with Gasteiger partial charge >= 0.3 is 0 Å². The van der Waals surface area contributed by atoms with E-state index < -0.39 is 23.7 Å². The standard InChI is InChI=1S/C22H23FN2O4/c1-4-14(2)24(21(27)15-5-11-18(29-3)12-6-15)19-13-20(26)25(22(19)28)17-9-7-16(23)8-10-17/h5-12,14,19H,4,13H2,1-3H3. The molecule has 2 aromatic rings. The summed E-state index contributed by atoms with van der Waals surface area (Å²) in [6.07, 6.45) is 0.513. The predicted molar refractivity (Wildman–Crippen MR) is 106 cm³/mol. The summed E-state index contributed by atoms with van der Waals surface area (Å²) in [6, 6.07) is 10.6. The van der Waals surface area contributed by atoms with E-state index in [4.69, 9.17) is 4.74 Å². The van der Waals surface area contributed by atoms with Gasteiger partial charge in [0.2, 0.25) is 5.91 Å². The van der Waals surface area contributed by atoms with E-state index in [1.165, 1.54) is 36.3 Å². The predicted octanol–water partition coefficient (Wildman–Crippen LogP) is 3.41. The van der Waals surface area contributed by atoms with Crippen LogP contribution in [-0.2, 0) is 9.59 Å². The van der Waals surface area contributed by atoms with Crippen molar-refractivity contribution in [2.45, 2.75) is 38.8 Å². The van der Waals surface area contributed by atoms with Gasteiger partial charge in [-0.05, 0) is 61.9 Å². The number of anilines is 1. The number of imide groups is 1. The number of carbonyl (C=O) groups is 3. The summed E-state index contributed by atoms with van der Waals surface area (Å²) in [4.78, 5) is 41.4. The summed E-state index contributed by atoms with van der Waals surface area (Å²) < 4.78 is 18.3. The van der Waals surface area contributed by atoms with Gasteiger partial charge in [0.15, 0.2) is 0 Å². The maximum Gasteiger partial charge on any atom is 0.257 e. The molecule has 0 saturated carbocycles. The quantitative estimate of drug-likeness (QED) is 0.700. The highest BCUT2D eigenvalue weighted by molar-refractivity contribution is 6.23. The molecule has 2 aromatic carbocycles. The number of nitrogens with zero attached hydrogens (tertiary/aromatic N) is 2. The Bertz CT molecular complexity index is 911. The lowest BCUT2D eigenvalue weighted by atomic mass is 10.1. The molecule has 0 radical (unpaired) electrons. The molecule has 1 saturated heterocycles. The van der Waals surface area contributed by atoms with Gasteiger partial charge in [-0.2, -0.15) is 0 Å². The summed E-state index contributed by atoms with van der Waals surface area (Å²) in [5.41, 5.74) is 0.705. The Balaban J connectivity index is 1.92. The Kier molecular flexibility index (Phi) is 5.96. The van der Waals surface area contributed by atoms with Crippen LogP contribution in [0.2, 0.25) is 0 Å². The first-order valence-corrected chi connectivity index (χ1v) is 9.46. The van der Waals surface area contributed by atoms with E-state index in [0.29, 0.717) is 23.4 Å². The molecule has 2 unspecified atom stereocenters. The number of amides is 3. The molecule has 0 aliphatic carbocycles. The second-order valence-electron chi connectivity index (χ2n) is 6.96. The minimum atomic E-state index is -0.905. The van der Waals surface area contributed by atoms with Crippen molar-refractivity contribution >= 4 is 23.4 Å². The number of carbonyl (C=O) groups excluding carboxylic acids is 3. The van der Waals surface area contributed by atoms with Crippen molar-refractivity contribution in [3.63, 3.8) is 0 Å². The van der Waals surface area contributed by atoms with Crippen molar-refractivity contribution in [2.24, 2.45) is 0 Å². The number of hydrogen-bond donors (Lipinski definition) is 0. The van der Waals surface area contributed by atoms with E-state index in [2.05, 4.69) is 0 Å². The highest BCUT2D eigenvalue weighted by Gasteiger charge is 2.45. The van der Waals surface area contributed by atoms with Crippen LogP contribution in [0.25, 0.3) is 0 Å². The second-order valence-corrected chi connectivity index (χ2v) is 6.96. The average Bonchev–Trinajstić information content (AvgIpc) is 3.02.